The topological polar surface area (TPSA) is 72.1 Å². The third-order valence-corrected chi connectivity index (χ3v) is 4.33. The average molecular weight is 424 g/mol. The fourth-order valence-corrected chi connectivity index (χ4v) is 2.88. The Morgan fingerprint density at radius 3 is 2.19 bits per heavy atom. The molecule has 1 aromatic rings. The van der Waals surface area contributed by atoms with Gasteiger partial charge in [-0.1, -0.05) is 0 Å². The Bertz CT molecular complexity index is 533. The number of piperidine rings is 1. The Hall–Kier alpha value is -1.41. The Morgan fingerprint density at radius 1 is 1.07 bits per heavy atom. The highest BCUT2D eigenvalue weighted by molar-refractivity contribution is 5.85. The summed E-state index contributed by atoms with van der Waals surface area (Å²) >= 11 is 0. The summed E-state index contributed by atoms with van der Waals surface area (Å²) in [5.74, 6) is 1.67. The minimum Gasteiger partial charge on any atom is -0.497 e. The van der Waals surface area contributed by atoms with Crippen LogP contribution in [0.15, 0.2) is 18.2 Å². The highest BCUT2D eigenvalue weighted by Gasteiger charge is 2.22. The van der Waals surface area contributed by atoms with Gasteiger partial charge in [-0.25, -0.2) is 0 Å². The van der Waals surface area contributed by atoms with Crippen molar-refractivity contribution in [2.24, 2.45) is 0 Å². The molecule has 27 heavy (non-hydrogen) atoms. The summed E-state index contributed by atoms with van der Waals surface area (Å²) in [5.41, 5.74) is 0.974. The van der Waals surface area contributed by atoms with Crippen LogP contribution < -0.4 is 20.1 Å². The number of likely N-dealkylation sites (tertiary alicyclic amines) is 1. The first-order valence-corrected chi connectivity index (χ1v) is 8.63. The van der Waals surface area contributed by atoms with Gasteiger partial charge in [0.05, 0.1) is 27.4 Å². The number of halogens is 2. The van der Waals surface area contributed by atoms with Crippen LogP contribution in [0.5, 0.6) is 11.5 Å². The molecule has 156 valence electrons. The van der Waals surface area contributed by atoms with E-state index in [1.54, 1.807) is 21.3 Å². The molecule has 0 aliphatic carbocycles. The van der Waals surface area contributed by atoms with E-state index in [0.29, 0.717) is 25.7 Å². The largest absolute Gasteiger partial charge is 0.497 e. The third-order valence-electron chi connectivity index (χ3n) is 4.33. The van der Waals surface area contributed by atoms with Crippen molar-refractivity contribution in [2.45, 2.75) is 18.9 Å². The zero-order chi connectivity index (χ0) is 18.1. The normalized spacial score (nSPS) is 14.0. The molecule has 0 aromatic heterocycles. The van der Waals surface area contributed by atoms with Crippen LogP contribution in [-0.4, -0.2) is 71.0 Å². The zero-order valence-corrected chi connectivity index (χ0v) is 17.8. The second kappa shape index (κ2) is 13.7. The minimum absolute atomic E-state index is 0. The van der Waals surface area contributed by atoms with Gasteiger partial charge < -0.3 is 29.7 Å². The molecule has 0 unspecified atom stereocenters. The van der Waals surface area contributed by atoms with Crippen LogP contribution in [0, 0.1) is 0 Å². The molecule has 1 fully saturated rings. The molecule has 1 saturated heterocycles. The fraction of sp³-hybridized carbons (Fsp3) is 0.611. The maximum atomic E-state index is 12.2. The molecular weight excluding hydrogens is 393 g/mol. The zero-order valence-electron chi connectivity index (χ0n) is 16.2. The molecule has 0 radical (unpaired) electrons. The van der Waals surface area contributed by atoms with E-state index < -0.39 is 0 Å². The van der Waals surface area contributed by atoms with E-state index in [1.165, 1.54) is 0 Å². The summed E-state index contributed by atoms with van der Waals surface area (Å²) in [7, 11) is 4.94. The molecular formula is C18H31Cl2N3O4. The fourth-order valence-electron chi connectivity index (χ4n) is 2.88. The molecule has 0 spiro atoms. The Labute approximate surface area is 173 Å². The molecule has 1 aromatic carbocycles. The van der Waals surface area contributed by atoms with Crippen molar-refractivity contribution in [1.29, 1.82) is 0 Å². The predicted octanol–water partition coefficient (Wildman–Crippen LogP) is 2.19. The molecule has 1 heterocycles. The molecule has 1 aliphatic rings. The van der Waals surface area contributed by atoms with Crippen molar-refractivity contribution >= 4 is 36.4 Å². The predicted molar refractivity (Wildman–Crippen MR) is 112 cm³/mol. The van der Waals surface area contributed by atoms with Crippen molar-refractivity contribution in [1.82, 2.24) is 10.2 Å². The second-order valence-corrected chi connectivity index (χ2v) is 6.07. The number of rotatable bonds is 9. The summed E-state index contributed by atoms with van der Waals surface area (Å²) in [6, 6.07) is 6.10. The number of methoxy groups -OCH3 is 3. The van der Waals surface area contributed by atoms with Gasteiger partial charge in [0.1, 0.15) is 11.5 Å². The van der Waals surface area contributed by atoms with Gasteiger partial charge in [0.2, 0.25) is 5.91 Å². The molecule has 1 aliphatic heterocycles. The van der Waals surface area contributed by atoms with E-state index in [0.717, 1.165) is 43.1 Å². The number of ether oxygens (including phenoxy) is 3. The Balaban J connectivity index is 0.00000338. The molecule has 9 heteroatoms. The van der Waals surface area contributed by atoms with Crippen molar-refractivity contribution in [3.8, 4) is 11.5 Å². The van der Waals surface area contributed by atoms with Crippen LogP contribution in [0.2, 0.25) is 0 Å². The number of carbonyl (C=O) groups excluding carboxylic acids is 1. The lowest BCUT2D eigenvalue weighted by Gasteiger charge is -2.33. The van der Waals surface area contributed by atoms with Gasteiger partial charge in [0.25, 0.3) is 0 Å². The monoisotopic (exact) mass is 423 g/mol. The Kier molecular flexibility index (Phi) is 13.0. The van der Waals surface area contributed by atoms with Crippen molar-refractivity contribution in [3.05, 3.63) is 18.2 Å². The lowest BCUT2D eigenvalue weighted by molar-refractivity contribution is -0.131. The van der Waals surface area contributed by atoms with E-state index in [4.69, 9.17) is 14.2 Å². The van der Waals surface area contributed by atoms with Crippen molar-refractivity contribution in [2.75, 3.05) is 59.4 Å². The highest BCUT2D eigenvalue weighted by atomic mass is 35.5. The summed E-state index contributed by atoms with van der Waals surface area (Å²) in [6.07, 6.45) is 1.84. The first kappa shape index (κ1) is 25.6. The van der Waals surface area contributed by atoms with Crippen LogP contribution >= 0.6 is 24.8 Å². The maximum absolute atomic E-state index is 12.2. The van der Waals surface area contributed by atoms with Gasteiger partial charge in [0.15, 0.2) is 0 Å². The highest BCUT2D eigenvalue weighted by Crippen LogP contribution is 2.27. The van der Waals surface area contributed by atoms with E-state index in [1.807, 2.05) is 23.1 Å². The standard InChI is InChI=1S/C18H29N3O4.2ClH/c1-23-9-6-19-13-18(22)21-7-4-14(5-8-21)20-15-10-16(24-2)12-17(11-15)25-3;;/h10-12,14,19-20H,4-9,13H2,1-3H3;2*1H. The molecule has 0 bridgehead atoms. The van der Waals surface area contributed by atoms with Gasteiger partial charge in [-0.2, -0.15) is 0 Å². The number of hydrogen-bond acceptors (Lipinski definition) is 6. The van der Waals surface area contributed by atoms with E-state index in [2.05, 4.69) is 10.6 Å². The quantitative estimate of drug-likeness (QED) is 0.593. The van der Waals surface area contributed by atoms with E-state index in [9.17, 15) is 4.79 Å². The SMILES string of the molecule is COCCNCC(=O)N1CCC(Nc2cc(OC)cc(OC)c2)CC1.Cl.Cl. The second-order valence-electron chi connectivity index (χ2n) is 6.07. The van der Waals surface area contributed by atoms with Crippen molar-refractivity contribution in [3.63, 3.8) is 0 Å². The van der Waals surface area contributed by atoms with E-state index in [-0.39, 0.29) is 30.7 Å². The number of carbonyl (C=O) groups is 1. The van der Waals surface area contributed by atoms with E-state index >= 15 is 0 Å². The summed E-state index contributed by atoms with van der Waals surface area (Å²) in [6.45, 7) is 3.21. The maximum Gasteiger partial charge on any atom is 0.236 e. The van der Waals surface area contributed by atoms with Crippen LogP contribution in [0.3, 0.4) is 0 Å². The van der Waals surface area contributed by atoms with Crippen LogP contribution in [0.1, 0.15) is 12.8 Å². The summed E-state index contributed by atoms with van der Waals surface area (Å²) in [4.78, 5) is 14.1. The third kappa shape index (κ3) is 8.43. The van der Waals surface area contributed by atoms with Gasteiger partial charge in [0, 0.05) is 56.7 Å². The molecule has 7 nitrogen and oxygen atoms in total. The van der Waals surface area contributed by atoms with Gasteiger partial charge in [-0.05, 0) is 12.8 Å². The number of benzene rings is 1. The molecule has 0 atom stereocenters. The number of anilines is 1. The summed E-state index contributed by atoms with van der Waals surface area (Å²) < 4.78 is 15.6. The number of nitrogens with one attached hydrogen (secondary N) is 2. The molecule has 2 rings (SSSR count). The lowest BCUT2D eigenvalue weighted by Crippen LogP contribution is -2.45. The summed E-state index contributed by atoms with van der Waals surface area (Å²) in [5, 5.41) is 6.62. The molecule has 1 amide bonds. The van der Waals surface area contributed by atoms with Gasteiger partial charge >= 0.3 is 0 Å². The van der Waals surface area contributed by atoms with Gasteiger partial charge in [-0.15, -0.1) is 24.8 Å². The minimum atomic E-state index is 0. The van der Waals surface area contributed by atoms with Crippen molar-refractivity contribution < 1.29 is 19.0 Å². The lowest BCUT2D eigenvalue weighted by atomic mass is 10.0. The van der Waals surface area contributed by atoms with Crippen LogP contribution in [0.25, 0.3) is 0 Å². The number of amides is 1. The van der Waals surface area contributed by atoms with Gasteiger partial charge in [-0.3, -0.25) is 4.79 Å². The smallest absolute Gasteiger partial charge is 0.236 e. The number of nitrogens with zero attached hydrogens (tertiary/aromatic N) is 1. The van der Waals surface area contributed by atoms with Crippen LogP contribution in [0.4, 0.5) is 5.69 Å². The Morgan fingerprint density at radius 2 is 1.67 bits per heavy atom. The average Bonchev–Trinajstić information content (AvgIpc) is 2.65. The molecule has 0 saturated carbocycles. The first-order valence-electron chi connectivity index (χ1n) is 8.63. The molecule has 2 N–H and O–H groups in total. The van der Waals surface area contributed by atoms with Crippen LogP contribution in [-0.2, 0) is 9.53 Å². The first-order chi connectivity index (χ1) is 12.2. The number of hydrogen-bond donors (Lipinski definition) is 2.